The zero-order chi connectivity index (χ0) is 14.1. The third-order valence-electron chi connectivity index (χ3n) is 3.20. The van der Waals surface area contributed by atoms with Crippen molar-refractivity contribution in [3.8, 4) is 11.5 Å². The molecular formula is C16H27NO2. The first-order valence-corrected chi connectivity index (χ1v) is 7.38. The van der Waals surface area contributed by atoms with Gasteiger partial charge in [0.1, 0.15) is 11.5 Å². The van der Waals surface area contributed by atoms with Crippen LogP contribution < -0.4 is 4.74 Å². The molecule has 1 aromatic rings. The van der Waals surface area contributed by atoms with E-state index in [1.54, 1.807) is 6.07 Å². The van der Waals surface area contributed by atoms with Gasteiger partial charge in [-0.2, -0.15) is 0 Å². The van der Waals surface area contributed by atoms with E-state index in [1.807, 2.05) is 12.1 Å². The first kappa shape index (κ1) is 15.8. The van der Waals surface area contributed by atoms with Crippen molar-refractivity contribution in [3.05, 3.63) is 23.8 Å². The SMILES string of the molecule is CCCCN(CC)Cc1ccc(OCCC)cc1O. The molecule has 0 spiro atoms. The van der Waals surface area contributed by atoms with Gasteiger partial charge < -0.3 is 9.84 Å². The lowest BCUT2D eigenvalue weighted by Gasteiger charge is -2.20. The number of phenolic OH excluding ortho intramolecular Hbond substituents is 1. The fraction of sp³-hybridized carbons (Fsp3) is 0.625. The van der Waals surface area contributed by atoms with Crippen LogP contribution >= 0.6 is 0 Å². The van der Waals surface area contributed by atoms with Gasteiger partial charge in [-0.05, 0) is 32.0 Å². The highest BCUT2D eigenvalue weighted by molar-refractivity contribution is 5.39. The first-order valence-electron chi connectivity index (χ1n) is 7.38. The summed E-state index contributed by atoms with van der Waals surface area (Å²) in [4.78, 5) is 2.35. The Kier molecular flexibility index (Phi) is 7.34. The molecule has 1 N–H and O–H groups in total. The van der Waals surface area contributed by atoms with Gasteiger partial charge in [-0.25, -0.2) is 0 Å². The second-order valence-corrected chi connectivity index (χ2v) is 4.86. The maximum atomic E-state index is 10.1. The minimum atomic E-state index is 0.337. The predicted molar refractivity (Wildman–Crippen MR) is 79.8 cm³/mol. The van der Waals surface area contributed by atoms with Gasteiger partial charge in [-0.1, -0.05) is 33.3 Å². The summed E-state index contributed by atoms with van der Waals surface area (Å²) in [5, 5.41) is 10.1. The quantitative estimate of drug-likeness (QED) is 0.737. The third kappa shape index (κ3) is 5.52. The second-order valence-electron chi connectivity index (χ2n) is 4.86. The van der Waals surface area contributed by atoms with Gasteiger partial charge in [0, 0.05) is 18.2 Å². The number of hydrogen-bond donors (Lipinski definition) is 1. The molecule has 0 aliphatic carbocycles. The Balaban J connectivity index is 2.62. The van der Waals surface area contributed by atoms with Crippen LogP contribution in [0.2, 0.25) is 0 Å². The molecule has 108 valence electrons. The summed E-state index contributed by atoms with van der Waals surface area (Å²) in [5.74, 6) is 1.09. The molecule has 1 aromatic carbocycles. The third-order valence-corrected chi connectivity index (χ3v) is 3.20. The molecule has 0 heterocycles. The molecule has 0 aliphatic heterocycles. The molecular weight excluding hydrogens is 238 g/mol. The number of ether oxygens (including phenoxy) is 1. The van der Waals surface area contributed by atoms with Crippen LogP contribution in [0.1, 0.15) is 45.6 Å². The smallest absolute Gasteiger partial charge is 0.123 e. The second kappa shape index (κ2) is 8.81. The largest absolute Gasteiger partial charge is 0.507 e. The lowest BCUT2D eigenvalue weighted by atomic mass is 10.1. The highest BCUT2D eigenvalue weighted by atomic mass is 16.5. The average Bonchev–Trinajstić information content (AvgIpc) is 2.43. The highest BCUT2D eigenvalue weighted by Gasteiger charge is 2.08. The number of phenols is 1. The molecule has 0 unspecified atom stereocenters. The molecule has 1 rings (SSSR count). The van der Waals surface area contributed by atoms with Crippen molar-refractivity contribution >= 4 is 0 Å². The normalized spacial score (nSPS) is 10.9. The summed E-state index contributed by atoms with van der Waals surface area (Å²) < 4.78 is 5.51. The van der Waals surface area contributed by atoms with Crippen molar-refractivity contribution in [2.75, 3.05) is 19.7 Å². The Morgan fingerprint density at radius 2 is 1.95 bits per heavy atom. The molecule has 0 aliphatic rings. The summed E-state index contributed by atoms with van der Waals surface area (Å²) in [6, 6.07) is 5.63. The van der Waals surface area contributed by atoms with Crippen LogP contribution in [0.5, 0.6) is 11.5 Å². The number of rotatable bonds is 9. The Morgan fingerprint density at radius 1 is 1.16 bits per heavy atom. The summed E-state index contributed by atoms with van der Waals surface area (Å²) in [7, 11) is 0. The summed E-state index contributed by atoms with van der Waals surface area (Å²) in [6.07, 6.45) is 3.38. The van der Waals surface area contributed by atoms with E-state index in [2.05, 4.69) is 25.7 Å². The van der Waals surface area contributed by atoms with Crippen LogP contribution in [0, 0.1) is 0 Å². The summed E-state index contributed by atoms with van der Waals surface area (Å²) in [6.45, 7) is 10.0. The molecule has 3 heteroatoms. The Labute approximate surface area is 117 Å². The zero-order valence-corrected chi connectivity index (χ0v) is 12.5. The monoisotopic (exact) mass is 265 g/mol. The molecule has 0 saturated carbocycles. The first-order chi connectivity index (χ1) is 9.21. The minimum absolute atomic E-state index is 0.337. The molecule has 19 heavy (non-hydrogen) atoms. The average molecular weight is 265 g/mol. The Morgan fingerprint density at radius 3 is 2.53 bits per heavy atom. The fourth-order valence-electron chi connectivity index (χ4n) is 1.96. The lowest BCUT2D eigenvalue weighted by Crippen LogP contribution is -2.23. The van der Waals surface area contributed by atoms with Gasteiger partial charge in [0.15, 0.2) is 0 Å². The highest BCUT2D eigenvalue weighted by Crippen LogP contribution is 2.25. The van der Waals surface area contributed by atoms with Gasteiger partial charge in [0.2, 0.25) is 0 Å². The van der Waals surface area contributed by atoms with E-state index in [0.717, 1.165) is 37.4 Å². The molecule has 0 radical (unpaired) electrons. The van der Waals surface area contributed by atoms with E-state index in [4.69, 9.17) is 4.74 Å². The summed E-state index contributed by atoms with van der Waals surface area (Å²) in [5.41, 5.74) is 0.974. The Bertz CT molecular complexity index is 366. The maximum absolute atomic E-state index is 10.1. The van der Waals surface area contributed by atoms with Crippen LogP contribution in [-0.4, -0.2) is 29.7 Å². The minimum Gasteiger partial charge on any atom is -0.507 e. The number of benzene rings is 1. The fourth-order valence-corrected chi connectivity index (χ4v) is 1.96. The van der Waals surface area contributed by atoms with Crippen molar-refractivity contribution in [1.82, 2.24) is 4.90 Å². The van der Waals surface area contributed by atoms with E-state index >= 15 is 0 Å². The van der Waals surface area contributed by atoms with Crippen molar-refractivity contribution in [3.63, 3.8) is 0 Å². The Hall–Kier alpha value is -1.22. The number of unbranched alkanes of at least 4 members (excludes halogenated alkanes) is 1. The van der Waals surface area contributed by atoms with Gasteiger partial charge in [-0.3, -0.25) is 4.90 Å². The van der Waals surface area contributed by atoms with Crippen LogP contribution in [0.3, 0.4) is 0 Å². The van der Waals surface area contributed by atoms with Crippen molar-refractivity contribution < 1.29 is 9.84 Å². The molecule has 3 nitrogen and oxygen atoms in total. The molecule has 0 amide bonds. The van der Waals surface area contributed by atoms with E-state index < -0.39 is 0 Å². The molecule has 0 atom stereocenters. The van der Waals surface area contributed by atoms with E-state index in [0.29, 0.717) is 12.4 Å². The van der Waals surface area contributed by atoms with E-state index in [1.165, 1.54) is 12.8 Å². The topological polar surface area (TPSA) is 32.7 Å². The number of hydrogen-bond acceptors (Lipinski definition) is 3. The molecule has 0 aromatic heterocycles. The molecule has 0 fully saturated rings. The van der Waals surface area contributed by atoms with Crippen LogP contribution in [0.15, 0.2) is 18.2 Å². The predicted octanol–water partition coefficient (Wildman–Crippen LogP) is 3.80. The van der Waals surface area contributed by atoms with E-state index in [9.17, 15) is 5.11 Å². The van der Waals surface area contributed by atoms with Gasteiger partial charge in [0.25, 0.3) is 0 Å². The van der Waals surface area contributed by atoms with Crippen LogP contribution in [0.4, 0.5) is 0 Å². The lowest BCUT2D eigenvalue weighted by molar-refractivity contribution is 0.270. The van der Waals surface area contributed by atoms with Crippen molar-refractivity contribution in [2.45, 2.75) is 46.6 Å². The summed E-state index contributed by atoms with van der Waals surface area (Å²) >= 11 is 0. The maximum Gasteiger partial charge on any atom is 0.123 e. The molecule has 0 bridgehead atoms. The van der Waals surface area contributed by atoms with Gasteiger partial charge in [-0.15, -0.1) is 0 Å². The standard InChI is InChI=1S/C16H27NO2/c1-4-7-10-17(6-3)13-14-8-9-15(12-16(14)18)19-11-5-2/h8-9,12,18H,4-7,10-11,13H2,1-3H3. The van der Waals surface area contributed by atoms with E-state index in [-0.39, 0.29) is 0 Å². The zero-order valence-electron chi connectivity index (χ0n) is 12.5. The molecule has 0 saturated heterocycles. The van der Waals surface area contributed by atoms with Gasteiger partial charge in [0.05, 0.1) is 6.61 Å². The van der Waals surface area contributed by atoms with Crippen molar-refractivity contribution in [1.29, 1.82) is 0 Å². The van der Waals surface area contributed by atoms with Gasteiger partial charge >= 0.3 is 0 Å². The van der Waals surface area contributed by atoms with Crippen LogP contribution in [-0.2, 0) is 6.54 Å². The number of aromatic hydroxyl groups is 1. The van der Waals surface area contributed by atoms with Crippen LogP contribution in [0.25, 0.3) is 0 Å². The van der Waals surface area contributed by atoms with Crippen molar-refractivity contribution in [2.24, 2.45) is 0 Å². The number of nitrogens with zero attached hydrogens (tertiary/aromatic N) is 1.